The number of esters is 1. The third-order valence-electron chi connectivity index (χ3n) is 4.61. The highest BCUT2D eigenvalue weighted by molar-refractivity contribution is 5.97. The molecule has 3 rings (SSSR count). The smallest absolute Gasteiger partial charge is 0.344 e. The van der Waals surface area contributed by atoms with Gasteiger partial charge >= 0.3 is 12.0 Å². The van der Waals surface area contributed by atoms with Crippen LogP contribution < -0.4 is 20.1 Å². The molecule has 1 atom stereocenters. The number of nitrogens with one attached hydrogen (secondary N) is 2. The number of rotatable bonds is 7. The molecule has 0 spiro atoms. The lowest BCUT2D eigenvalue weighted by atomic mass is 10.0. The van der Waals surface area contributed by atoms with Crippen molar-refractivity contribution in [1.82, 2.24) is 10.6 Å². The average molecular weight is 426 g/mol. The van der Waals surface area contributed by atoms with E-state index in [1.54, 1.807) is 6.07 Å². The highest BCUT2D eigenvalue weighted by Crippen LogP contribution is 2.41. The van der Waals surface area contributed by atoms with Gasteiger partial charge in [0.05, 0.1) is 0 Å². The molecule has 0 bridgehead atoms. The van der Waals surface area contributed by atoms with Gasteiger partial charge in [-0.25, -0.2) is 9.59 Å². The Labute approximate surface area is 180 Å². The number of amides is 3. The van der Waals surface area contributed by atoms with Crippen molar-refractivity contribution in [3.63, 3.8) is 0 Å². The molecule has 2 aromatic carbocycles. The van der Waals surface area contributed by atoms with Gasteiger partial charge < -0.3 is 19.5 Å². The Morgan fingerprint density at radius 3 is 2.58 bits per heavy atom. The molecule has 0 saturated carbocycles. The van der Waals surface area contributed by atoms with Gasteiger partial charge in [0.1, 0.15) is 5.60 Å². The van der Waals surface area contributed by atoms with Crippen molar-refractivity contribution in [2.75, 3.05) is 6.61 Å². The fraction of sp³-hybridized carbons (Fsp3) is 0.348. The second kappa shape index (κ2) is 9.51. The number of ether oxygens (including phenoxy) is 3. The molecule has 8 nitrogen and oxygen atoms in total. The Balaban J connectivity index is 1.43. The van der Waals surface area contributed by atoms with Gasteiger partial charge in [0.2, 0.25) is 0 Å². The SMILES string of the molecule is CC(OC(=O)COc1cccc2c1OC(C)(C)C2)C(=O)NC(=O)NCc1ccccc1. The lowest BCUT2D eigenvalue weighted by Gasteiger charge is -2.18. The van der Waals surface area contributed by atoms with Gasteiger partial charge in [-0.05, 0) is 32.4 Å². The normalized spacial score (nSPS) is 14.5. The van der Waals surface area contributed by atoms with Gasteiger partial charge in [0, 0.05) is 18.5 Å². The fourth-order valence-electron chi connectivity index (χ4n) is 3.16. The quantitative estimate of drug-likeness (QED) is 0.660. The average Bonchev–Trinajstić information content (AvgIpc) is 3.05. The van der Waals surface area contributed by atoms with Crippen molar-refractivity contribution in [3.05, 3.63) is 59.7 Å². The van der Waals surface area contributed by atoms with Crippen molar-refractivity contribution in [2.24, 2.45) is 0 Å². The van der Waals surface area contributed by atoms with Gasteiger partial charge in [0.15, 0.2) is 24.2 Å². The van der Waals surface area contributed by atoms with E-state index in [1.807, 2.05) is 56.3 Å². The van der Waals surface area contributed by atoms with Crippen molar-refractivity contribution in [1.29, 1.82) is 0 Å². The topological polar surface area (TPSA) is 103 Å². The molecule has 0 radical (unpaired) electrons. The van der Waals surface area contributed by atoms with Crippen LogP contribution in [0.3, 0.4) is 0 Å². The van der Waals surface area contributed by atoms with Crippen molar-refractivity contribution in [3.8, 4) is 11.5 Å². The molecule has 1 aliphatic rings. The van der Waals surface area contributed by atoms with Crippen molar-refractivity contribution >= 4 is 17.9 Å². The van der Waals surface area contributed by atoms with Crippen molar-refractivity contribution < 1.29 is 28.6 Å². The summed E-state index contributed by atoms with van der Waals surface area (Å²) in [4.78, 5) is 36.0. The van der Waals surface area contributed by atoms with Gasteiger partial charge in [-0.1, -0.05) is 42.5 Å². The van der Waals surface area contributed by atoms with E-state index in [1.165, 1.54) is 6.92 Å². The van der Waals surface area contributed by atoms with Crippen LogP contribution in [0.2, 0.25) is 0 Å². The number of para-hydroxylation sites is 1. The maximum atomic E-state index is 12.1. The maximum Gasteiger partial charge on any atom is 0.344 e. The summed E-state index contributed by atoms with van der Waals surface area (Å²) < 4.78 is 16.5. The Bertz CT molecular complexity index is 958. The number of fused-ring (bicyclic) bond motifs is 1. The van der Waals surface area contributed by atoms with Crippen LogP contribution >= 0.6 is 0 Å². The summed E-state index contributed by atoms with van der Waals surface area (Å²) in [7, 11) is 0. The number of imide groups is 1. The first-order chi connectivity index (χ1) is 14.7. The summed E-state index contributed by atoms with van der Waals surface area (Å²) in [5, 5.41) is 4.71. The lowest BCUT2D eigenvalue weighted by Crippen LogP contribution is -2.44. The molecule has 2 aromatic rings. The molecule has 3 amide bonds. The molecule has 0 aromatic heterocycles. The van der Waals surface area contributed by atoms with E-state index in [-0.39, 0.29) is 12.1 Å². The van der Waals surface area contributed by atoms with Gasteiger partial charge in [-0.15, -0.1) is 0 Å². The predicted octanol–water partition coefficient (Wildman–Crippen LogP) is 2.74. The first-order valence-corrected chi connectivity index (χ1v) is 9.99. The van der Waals surface area contributed by atoms with Crippen molar-refractivity contribution in [2.45, 2.75) is 45.4 Å². The van der Waals surface area contributed by atoms with Crippen LogP contribution in [0.25, 0.3) is 0 Å². The first kappa shape index (κ1) is 22.1. The van der Waals surface area contributed by atoms with Crippen LogP contribution in [0, 0.1) is 0 Å². The Morgan fingerprint density at radius 2 is 1.84 bits per heavy atom. The molecule has 1 aliphatic heterocycles. The Morgan fingerprint density at radius 1 is 1.10 bits per heavy atom. The molecule has 2 N–H and O–H groups in total. The van der Waals surface area contributed by atoms with E-state index < -0.39 is 30.6 Å². The summed E-state index contributed by atoms with van der Waals surface area (Å²) in [6.07, 6.45) is -0.414. The summed E-state index contributed by atoms with van der Waals surface area (Å²) in [6.45, 7) is 5.20. The monoisotopic (exact) mass is 426 g/mol. The number of carbonyl (C=O) groups excluding carboxylic acids is 3. The summed E-state index contributed by atoms with van der Waals surface area (Å²) in [6, 6.07) is 14.1. The largest absolute Gasteiger partial charge is 0.483 e. The molecule has 164 valence electrons. The number of hydrogen-bond donors (Lipinski definition) is 2. The van der Waals surface area contributed by atoms with Crippen LogP contribution in [0.15, 0.2) is 48.5 Å². The van der Waals surface area contributed by atoms with Crippen LogP contribution in [-0.2, 0) is 27.3 Å². The third kappa shape index (κ3) is 6.21. The molecule has 0 fully saturated rings. The zero-order chi connectivity index (χ0) is 22.4. The molecule has 8 heteroatoms. The van der Waals surface area contributed by atoms with Crippen LogP contribution in [0.1, 0.15) is 31.9 Å². The first-order valence-electron chi connectivity index (χ1n) is 9.99. The molecule has 31 heavy (non-hydrogen) atoms. The van der Waals surface area contributed by atoms with E-state index in [0.29, 0.717) is 11.5 Å². The van der Waals surface area contributed by atoms with Crippen LogP contribution in [0.4, 0.5) is 4.79 Å². The van der Waals surface area contributed by atoms with E-state index in [0.717, 1.165) is 17.5 Å². The predicted molar refractivity (Wildman–Crippen MR) is 113 cm³/mol. The maximum absolute atomic E-state index is 12.1. The zero-order valence-corrected chi connectivity index (χ0v) is 17.8. The van der Waals surface area contributed by atoms with E-state index in [9.17, 15) is 14.4 Å². The highest BCUT2D eigenvalue weighted by atomic mass is 16.6. The molecular weight excluding hydrogens is 400 g/mol. The van der Waals surface area contributed by atoms with Gasteiger partial charge in [0.25, 0.3) is 5.91 Å². The zero-order valence-electron chi connectivity index (χ0n) is 17.8. The number of carbonyl (C=O) groups is 3. The number of benzene rings is 2. The fourth-order valence-corrected chi connectivity index (χ4v) is 3.16. The molecule has 1 unspecified atom stereocenters. The molecule has 0 saturated heterocycles. The minimum atomic E-state index is -1.16. The van der Waals surface area contributed by atoms with Crippen LogP contribution in [-0.4, -0.2) is 36.2 Å². The van der Waals surface area contributed by atoms with Crippen LogP contribution in [0.5, 0.6) is 11.5 Å². The van der Waals surface area contributed by atoms with E-state index >= 15 is 0 Å². The van der Waals surface area contributed by atoms with Gasteiger partial charge in [-0.2, -0.15) is 0 Å². The second-order valence-corrected chi connectivity index (χ2v) is 7.86. The van der Waals surface area contributed by atoms with E-state index in [4.69, 9.17) is 14.2 Å². The Hall–Kier alpha value is -3.55. The lowest BCUT2D eigenvalue weighted by molar-refractivity contribution is -0.156. The molecule has 0 aliphatic carbocycles. The highest BCUT2D eigenvalue weighted by Gasteiger charge is 2.32. The number of urea groups is 1. The van der Waals surface area contributed by atoms with E-state index in [2.05, 4.69) is 10.6 Å². The summed E-state index contributed by atoms with van der Waals surface area (Å²) in [5.74, 6) is -0.412. The minimum absolute atomic E-state index is 0.266. The second-order valence-electron chi connectivity index (χ2n) is 7.86. The third-order valence-corrected chi connectivity index (χ3v) is 4.61. The Kier molecular flexibility index (Phi) is 6.79. The standard InChI is InChI=1S/C23H26N2O6/c1-15(21(27)25-22(28)24-13-16-8-5-4-6-9-16)30-19(26)14-29-18-11-7-10-17-12-23(2,3)31-20(17)18/h4-11,15H,12-14H2,1-3H3,(H2,24,25,27,28). The van der Waals surface area contributed by atoms with Gasteiger partial charge in [-0.3, -0.25) is 10.1 Å². The number of hydrogen-bond acceptors (Lipinski definition) is 6. The molecule has 1 heterocycles. The summed E-state index contributed by atoms with van der Waals surface area (Å²) >= 11 is 0. The summed E-state index contributed by atoms with van der Waals surface area (Å²) in [5.41, 5.74) is 1.56. The molecular formula is C23H26N2O6. The minimum Gasteiger partial charge on any atom is -0.483 e.